The van der Waals surface area contributed by atoms with Crippen LogP contribution in [0, 0.1) is 22.7 Å². The topological polar surface area (TPSA) is 104 Å². The first-order valence-corrected chi connectivity index (χ1v) is 6.89. The average molecular weight is 322 g/mol. The van der Waals surface area contributed by atoms with Crippen LogP contribution in [0.4, 0.5) is 0 Å². The predicted octanol–water partition coefficient (Wildman–Crippen LogP) is 2.04. The summed E-state index contributed by atoms with van der Waals surface area (Å²) in [5, 5.41) is 22.6. The fourth-order valence-corrected chi connectivity index (χ4v) is 2.09. The summed E-state index contributed by atoms with van der Waals surface area (Å²) in [7, 11) is 0. The van der Waals surface area contributed by atoms with Gasteiger partial charge in [0.05, 0.1) is 29.0 Å². The van der Waals surface area contributed by atoms with Crippen molar-refractivity contribution in [2.45, 2.75) is 6.42 Å². The molecule has 0 fully saturated rings. The second-order valence-corrected chi connectivity index (χ2v) is 4.99. The molecule has 3 aromatic rings. The SMILES string of the molecule is N#Cc1ccc(-n2nc(C#N)cc2Cc2ncc(Cl)cn2)cn1. The van der Waals surface area contributed by atoms with Gasteiger partial charge in [0, 0.05) is 12.4 Å². The van der Waals surface area contributed by atoms with E-state index in [1.54, 1.807) is 22.9 Å². The molecule has 0 N–H and O–H groups in total. The van der Waals surface area contributed by atoms with Crippen molar-refractivity contribution < 1.29 is 0 Å². The van der Waals surface area contributed by atoms with Gasteiger partial charge in [0.2, 0.25) is 0 Å². The first kappa shape index (κ1) is 14.6. The Hall–Kier alpha value is -3.29. The number of pyridine rings is 1. The quantitative estimate of drug-likeness (QED) is 0.731. The van der Waals surface area contributed by atoms with Gasteiger partial charge in [-0.05, 0) is 18.2 Å². The van der Waals surface area contributed by atoms with Gasteiger partial charge in [-0.1, -0.05) is 11.6 Å². The van der Waals surface area contributed by atoms with Crippen LogP contribution in [0.25, 0.3) is 5.69 Å². The lowest BCUT2D eigenvalue weighted by Crippen LogP contribution is -2.05. The molecule has 0 aliphatic heterocycles. The molecule has 3 aromatic heterocycles. The van der Waals surface area contributed by atoms with Gasteiger partial charge in [-0.15, -0.1) is 0 Å². The van der Waals surface area contributed by atoms with Crippen LogP contribution in [0.1, 0.15) is 22.9 Å². The molecule has 3 rings (SSSR count). The zero-order chi connectivity index (χ0) is 16.2. The van der Waals surface area contributed by atoms with Crippen LogP contribution in [0.2, 0.25) is 5.02 Å². The number of halogens is 1. The average Bonchev–Trinajstić information content (AvgIpc) is 3.00. The lowest BCUT2D eigenvalue weighted by Gasteiger charge is -2.06. The molecule has 0 radical (unpaired) electrons. The molecule has 0 bridgehead atoms. The van der Waals surface area contributed by atoms with E-state index in [-0.39, 0.29) is 5.69 Å². The van der Waals surface area contributed by atoms with E-state index in [0.717, 1.165) is 5.69 Å². The summed E-state index contributed by atoms with van der Waals surface area (Å²) in [5.74, 6) is 0.557. The van der Waals surface area contributed by atoms with E-state index in [0.29, 0.717) is 28.6 Å². The van der Waals surface area contributed by atoms with Crippen molar-refractivity contribution in [2.75, 3.05) is 0 Å². The second-order valence-electron chi connectivity index (χ2n) is 4.55. The maximum absolute atomic E-state index is 9.07. The zero-order valence-electron chi connectivity index (χ0n) is 11.7. The van der Waals surface area contributed by atoms with E-state index in [4.69, 9.17) is 22.1 Å². The molecule has 8 heteroatoms. The highest BCUT2D eigenvalue weighted by atomic mass is 35.5. The van der Waals surface area contributed by atoms with Crippen molar-refractivity contribution in [3.05, 3.63) is 64.7 Å². The lowest BCUT2D eigenvalue weighted by atomic mass is 10.2. The molecule has 0 unspecified atom stereocenters. The molecular weight excluding hydrogens is 314 g/mol. The van der Waals surface area contributed by atoms with Crippen LogP contribution in [0.15, 0.2) is 36.8 Å². The van der Waals surface area contributed by atoms with E-state index in [2.05, 4.69) is 20.1 Å². The van der Waals surface area contributed by atoms with Gasteiger partial charge in [-0.3, -0.25) is 0 Å². The second kappa shape index (κ2) is 6.22. The van der Waals surface area contributed by atoms with E-state index in [1.807, 2.05) is 12.1 Å². The van der Waals surface area contributed by atoms with Gasteiger partial charge in [0.1, 0.15) is 23.7 Å². The Morgan fingerprint density at radius 1 is 1.00 bits per heavy atom. The molecule has 0 amide bonds. The number of aromatic nitrogens is 5. The molecule has 0 atom stereocenters. The van der Waals surface area contributed by atoms with Crippen molar-refractivity contribution in [3.8, 4) is 17.8 Å². The number of nitrogens with zero attached hydrogens (tertiary/aromatic N) is 7. The van der Waals surface area contributed by atoms with Gasteiger partial charge < -0.3 is 0 Å². The molecule has 0 aromatic carbocycles. The molecule has 0 spiro atoms. The highest BCUT2D eigenvalue weighted by molar-refractivity contribution is 6.30. The van der Waals surface area contributed by atoms with E-state index in [1.165, 1.54) is 18.6 Å². The summed E-state index contributed by atoms with van der Waals surface area (Å²) in [5.41, 5.74) is 1.96. The van der Waals surface area contributed by atoms with Crippen LogP contribution in [-0.2, 0) is 6.42 Å². The number of nitriles is 2. The van der Waals surface area contributed by atoms with Crippen molar-refractivity contribution >= 4 is 11.6 Å². The third-order valence-electron chi connectivity index (χ3n) is 3.02. The van der Waals surface area contributed by atoms with Crippen molar-refractivity contribution in [2.24, 2.45) is 0 Å². The molecule has 110 valence electrons. The highest BCUT2D eigenvalue weighted by Gasteiger charge is 2.12. The van der Waals surface area contributed by atoms with Gasteiger partial charge in [-0.2, -0.15) is 15.6 Å². The summed E-state index contributed by atoms with van der Waals surface area (Å²) < 4.78 is 1.59. The van der Waals surface area contributed by atoms with Crippen molar-refractivity contribution in [3.63, 3.8) is 0 Å². The summed E-state index contributed by atoms with van der Waals surface area (Å²) in [6.07, 6.45) is 4.93. The fraction of sp³-hybridized carbons (Fsp3) is 0.0667. The first-order chi connectivity index (χ1) is 11.2. The molecule has 0 aliphatic rings. The Balaban J connectivity index is 1.99. The van der Waals surface area contributed by atoms with E-state index >= 15 is 0 Å². The third kappa shape index (κ3) is 3.15. The highest BCUT2D eigenvalue weighted by Crippen LogP contribution is 2.15. The lowest BCUT2D eigenvalue weighted by molar-refractivity contribution is 0.797. The Labute approximate surface area is 136 Å². The maximum Gasteiger partial charge on any atom is 0.163 e. The van der Waals surface area contributed by atoms with E-state index in [9.17, 15) is 0 Å². The molecular formula is C15H8ClN7. The monoisotopic (exact) mass is 321 g/mol. The maximum atomic E-state index is 9.07. The Kier molecular flexibility index (Phi) is 3.96. The summed E-state index contributed by atoms with van der Waals surface area (Å²) in [4.78, 5) is 12.3. The Morgan fingerprint density at radius 2 is 1.74 bits per heavy atom. The summed E-state index contributed by atoms with van der Waals surface area (Å²) in [6, 6.07) is 8.93. The Morgan fingerprint density at radius 3 is 2.35 bits per heavy atom. The fourth-order valence-electron chi connectivity index (χ4n) is 1.99. The number of rotatable bonds is 3. The number of hydrogen-bond acceptors (Lipinski definition) is 6. The third-order valence-corrected chi connectivity index (χ3v) is 3.21. The predicted molar refractivity (Wildman–Crippen MR) is 80.6 cm³/mol. The number of hydrogen-bond donors (Lipinski definition) is 0. The Bertz CT molecular complexity index is 914. The largest absolute Gasteiger partial charge is 0.243 e. The van der Waals surface area contributed by atoms with Crippen molar-refractivity contribution in [1.82, 2.24) is 24.7 Å². The van der Waals surface area contributed by atoms with E-state index < -0.39 is 0 Å². The van der Waals surface area contributed by atoms with Crippen LogP contribution in [0.5, 0.6) is 0 Å². The minimum absolute atomic E-state index is 0.276. The normalized spacial score (nSPS) is 10.0. The van der Waals surface area contributed by atoms with Crippen LogP contribution < -0.4 is 0 Å². The summed E-state index contributed by atoms with van der Waals surface area (Å²) in [6.45, 7) is 0. The molecule has 0 aliphatic carbocycles. The van der Waals surface area contributed by atoms with Gasteiger partial charge in [0.25, 0.3) is 0 Å². The minimum atomic E-state index is 0.276. The standard InChI is InChI=1S/C15H8ClN7/c16-10-7-20-15(21-8-10)4-14-3-12(6-18)22-23(14)13-2-1-11(5-17)19-9-13/h1-3,7-9H,4H2. The van der Waals surface area contributed by atoms with Crippen LogP contribution in [0.3, 0.4) is 0 Å². The molecule has 3 heterocycles. The molecule has 7 nitrogen and oxygen atoms in total. The molecule has 23 heavy (non-hydrogen) atoms. The minimum Gasteiger partial charge on any atom is -0.243 e. The van der Waals surface area contributed by atoms with Crippen molar-refractivity contribution in [1.29, 1.82) is 10.5 Å². The van der Waals surface area contributed by atoms with Gasteiger partial charge >= 0.3 is 0 Å². The van der Waals surface area contributed by atoms with Gasteiger partial charge in [0.15, 0.2) is 5.69 Å². The van der Waals surface area contributed by atoms with Crippen LogP contribution in [-0.4, -0.2) is 24.7 Å². The summed E-state index contributed by atoms with van der Waals surface area (Å²) >= 11 is 5.78. The zero-order valence-corrected chi connectivity index (χ0v) is 12.4. The smallest absolute Gasteiger partial charge is 0.163 e. The molecule has 0 saturated heterocycles. The van der Waals surface area contributed by atoms with Crippen LogP contribution >= 0.6 is 11.6 Å². The van der Waals surface area contributed by atoms with Gasteiger partial charge in [-0.25, -0.2) is 19.6 Å². The molecule has 0 saturated carbocycles. The first-order valence-electron chi connectivity index (χ1n) is 6.51.